The van der Waals surface area contributed by atoms with Gasteiger partial charge in [0.25, 0.3) is 0 Å². The summed E-state index contributed by atoms with van der Waals surface area (Å²) in [6.45, 7) is 4.03. The predicted molar refractivity (Wildman–Crippen MR) is 17.2 cm³/mol. The van der Waals surface area contributed by atoms with E-state index >= 15 is 0 Å². The van der Waals surface area contributed by atoms with E-state index in [1.165, 1.54) is 0 Å². The molecule has 1 rings (SSSR count). The van der Waals surface area contributed by atoms with Gasteiger partial charge in [-0.3, -0.25) is 5.32 Å². The summed E-state index contributed by atoms with van der Waals surface area (Å²) in [7, 11) is 0. The summed E-state index contributed by atoms with van der Waals surface area (Å²) in [6, 6.07) is 0. The van der Waals surface area contributed by atoms with Crippen LogP contribution in [-0.2, 0) is 4.74 Å². The van der Waals surface area contributed by atoms with Crippen LogP contribution in [0.1, 0.15) is 0 Å². The van der Waals surface area contributed by atoms with Gasteiger partial charge in [0.05, 0.1) is 19.9 Å². The third-order valence-electron chi connectivity index (χ3n) is 0.473. The fraction of sp³-hybridized carbons (Fsp3) is 0.667. The molecule has 0 aliphatic carbocycles. The lowest BCUT2D eigenvalue weighted by Gasteiger charge is -1.76. The average molecular weight is 71.1 g/mol. The van der Waals surface area contributed by atoms with Gasteiger partial charge in [-0.25, -0.2) is 0 Å². The second kappa shape index (κ2) is 1.38. The van der Waals surface area contributed by atoms with Crippen LogP contribution in [0.15, 0.2) is 0 Å². The van der Waals surface area contributed by atoms with Crippen molar-refractivity contribution < 1.29 is 4.74 Å². The fourth-order valence-corrected chi connectivity index (χ4v) is 0.255. The van der Waals surface area contributed by atoms with Crippen LogP contribution in [0.4, 0.5) is 0 Å². The third-order valence-corrected chi connectivity index (χ3v) is 0.473. The highest BCUT2D eigenvalue weighted by molar-refractivity contribution is 4.61. The van der Waals surface area contributed by atoms with E-state index in [1.54, 1.807) is 0 Å². The lowest BCUT2D eigenvalue weighted by atomic mass is 10.7. The second-order valence-corrected chi connectivity index (χ2v) is 0.846. The highest BCUT2D eigenvalue weighted by Crippen LogP contribution is 1.81. The van der Waals surface area contributed by atoms with Crippen LogP contribution in [-0.4, -0.2) is 13.3 Å². The van der Waals surface area contributed by atoms with E-state index in [1.807, 2.05) is 0 Å². The van der Waals surface area contributed by atoms with Crippen LogP contribution >= 0.6 is 0 Å². The van der Waals surface area contributed by atoms with E-state index < -0.39 is 0 Å². The van der Waals surface area contributed by atoms with Gasteiger partial charge in [-0.05, 0) is 0 Å². The lowest BCUT2D eigenvalue weighted by Crippen LogP contribution is -1.99. The maximum absolute atomic E-state index is 4.72. The molecule has 0 unspecified atom stereocenters. The molecule has 1 heterocycles. The maximum atomic E-state index is 4.72. The summed E-state index contributed by atoms with van der Waals surface area (Å²) in [5.74, 6) is 0. The fourth-order valence-electron chi connectivity index (χ4n) is 0.255. The molecule has 2 heteroatoms. The zero-order chi connectivity index (χ0) is 3.54. The normalized spacial score (nSPS) is 24.0. The van der Waals surface area contributed by atoms with Crippen molar-refractivity contribution in [3.63, 3.8) is 0 Å². The van der Waals surface area contributed by atoms with Gasteiger partial charge in [0, 0.05) is 0 Å². The molecule has 1 fully saturated rings. The number of nitrogens with one attached hydrogen (secondary N) is 1. The molecular weight excluding hydrogens is 66.0 g/mol. The molecule has 1 aliphatic heterocycles. The van der Waals surface area contributed by atoms with E-state index in [2.05, 4.69) is 11.9 Å². The second-order valence-electron chi connectivity index (χ2n) is 0.846. The van der Waals surface area contributed by atoms with Gasteiger partial charge in [0.15, 0.2) is 0 Å². The Balaban J connectivity index is 2.08. The van der Waals surface area contributed by atoms with Gasteiger partial charge in [-0.1, -0.05) is 0 Å². The largest absolute Gasteiger partial charge is 0.364 e. The summed E-state index contributed by atoms with van der Waals surface area (Å²) < 4.78 is 4.72. The molecule has 28 valence electrons. The van der Waals surface area contributed by atoms with Crippen molar-refractivity contribution in [2.45, 2.75) is 0 Å². The Kier molecular flexibility index (Phi) is 0.862. The third kappa shape index (κ3) is 0.597. The Bertz CT molecular complexity index is 18.5. The Morgan fingerprint density at radius 2 is 2.80 bits per heavy atom. The van der Waals surface area contributed by atoms with Crippen molar-refractivity contribution in [3.05, 3.63) is 6.54 Å². The van der Waals surface area contributed by atoms with Crippen LogP contribution in [0.5, 0.6) is 0 Å². The first kappa shape index (κ1) is 3.12. The summed E-state index contributed by atoms with van der Waals surface area (Å²) in [4.78, 5) is 0. The van der Waals surface area contributed by atoms with E-state index in [-0.39, 0.29) is 0 Å². The number of hydrogen-bond acceptors (Lipinski definition) is 2. The van der Waals surface area contributed by atoms with Gasteiger partial charge in [-0.15, -0.1) is 0 Å². The summed E-state index contributed by atoms with van der Waals surface area (Å²) >= 11 is 0. The van der Waals surface area contributed by atoms with Crippen molar-refractivity contribution in [2.75, 3.05) is 13.3 Å². The molecule has 0 saturated carbocycles. The molecule has 2 radical (unpaired) electrons. The molecule has 0 aromatic rings. The molecule has 0 bridgehead atoms. The monoisotopic (exact) mass is 71.0 g/mol. The average Bonchev–Trinajstić information content (AvgIpc) is 1.76. The van der Waals surface area contributed by atoms with Gasteiger partial charge in [0.2, 0.25) is 0 Å². The van der Waals surface area contributed by atoms with Crippen LogP contribution < -0.4 is 5.32 Å². The Labute approximate surface area is 31.1 Å². The number of rotatable bonds is 0. The molecule has 0 aromatic heterocycles. The molecule has 2 nitrogen and oxygen atoms in total. The summed E-state index contributed by atoms with van der Waals surface area (Å²) in [6.07, 6.45) is 0. The standard InChI is InChI=1S/C3H5NO/c1-2-5-3-4-1/h4H,2-3H2. The molecule has 1 N–H and O–H groups in total. The zero-order valence-corrected chi connectivity index (χ0v) is 2.82. The van der Waals surface area contributed by atoms with Crippen molar-refractivity contribution in [2.24, 2.45) is 0 Å². The maximum Gasteiger partial charge on any atom is 0.0972 e. The van der Waals surface area contributed by atoms with E-state index in [4.69, 9.17) is 4.74 Å². The Morgan fingerprint density at radius 1 is 1.80 bits per heavy atom. The summed E-state index contributed by atoms with van der Waals surface area (Å²) in [5, 5.41) is 2.75. The van der Waals surface area contributed by atoms with Crippen molar-refractivity contribution in [1.82, 2.24) is 5.32 Å². The highest BCUT2D eigenvalue weighted by Gasteiger charge is 1.94. The van der Waals surface area contributed by atoms with E-state index in [0.29, 0.717) is 13.3 Å². The quantitative estimate of drug-likeness (QED) is 0.419. The minimum absolute atomic E-state index is 0.639. The zero-order valence-electron chi connectivity index (χ0n) is 2.82. The van der Waals surface area contributed by atoms with Gasteiger partial charge >= 0.3 is 0 Å². The molecule has 1 aliphatic rings. The molecule has 5 heavy (non-hydrogen) atoms. The smallest absolute Gasteiger partial charge is 0.0972 e. The van der Waals surface area contributed by atoms with Gasteiger partial charge in [-0.2, -0.15) is 0 Å². The minimum atomic E-state index is 0.639. The molecular formula is C3H5NO. The summed E-state index contributed by atoms with van der Waals surface area (Å²) in [5.41, 5.74) is 0. The Morgan fingerprint density at radius 3 is 3.00 bits per heavy atom. The molecule has 0 amide bonds. The lowest BCUT2D eigenvalue weighted by molar-refractivity contribution is 0.197. The molecule has 0 atom stereocenters. The van der Waals surface area contributed by atoms with Crippen LogP contribution in [0.25, 0.3) is 0 Å². The van der Waals surface area contributed by atoms with Crippen LogP contribution in [0.3, 0.4) is 0 Å². The van der Waals surface area contributed by atoms with E-state index in [0.717, 1.165) is 0 Å². The molecule has 0 spiro atoms. The topological polar surface area (TPSA) is 21.3 Å². The first-order valence-electron chi connectivity index (χ1n) is 1.53. The SMILES string of the molecule is [C]1COCN1. The number of ether oxygens (including phenoxy) is 1. The number of hydrogen-bond donors (Lipinski definition) is 1. The van der Waals surface area contributed by atoms with Gasteiger partial charge in [0.1, 0.15) is 0 Å². The van der Waals surface area contributed by atoms with Crippen molar-refractivity contribution in [1.29, 1.82) is 0 Å². The first-order chi connectivity index (χ1) is 2.50. The highest BCUT2D eigenvalue weighted by atomic mass is 16.5. The van der Waals surface area contributed by atoms with Crippen molar-refractivity contribution >= 4 is 0 Å². The molecule has 1 saturated heterocycles. The van der Waals surface area contributed by atoms with Crippen LogP contribution in [0, 0.1) is 6.54 Å². The first-order valence-corrected chi connectivity index (χ1v) is 1.53. The van der Waals surface area contributed by atoms with Gasteiger partial charge < -0.3 is 4.74 Å². The van der Waals surface area contributed by atoms with E-state index in [9.17, 15) is 0 Å². The minimum Gasteiger partial charge on any atom is -0.364 e. The molecule has 0 aromatic carbocycles. The predicted octanol–water partition coefficient (Wildman–Crippen LogP) is -0.398. The Hall–Kier alpha value is -0.0800. The van der Waals surface area contributed by atoms with Crippen molar-refractivity contribution in [3.8, 4) is 0 Å². The van der Waals surface area contributed by atoms with Crippen LogP contribution in [0.2, 0.25) is 0 Å².